The highest BCUT2D eigenvalue weighted by molar-refractivity contribution is 5.80. The van der Waals surface area contributed by atoms with Gasteiger partial charge in [-0.25, -0.2) is 0 Å². The first-order chi connectivity index (χ1) is 7.76. The van der Waals surface area contributed by atoms with Gasteiger partial charge in [-0.3, -0.25) is 4.79 Å². The van der Waals surface area contributed by atoms with Crippen molar-refractivity contribution in [1.29, 1.82) is 5.26 Å². The van der Waals surface area contributed by atoms with E-state index in [-0.39, 0.29) is 11.8 Å². The van der Waals surface area contributed by atoms with E-state index in [4.69, 9.17) is 0 Å². The van der Waals surface area contributed by atoms with Crippen LogP contribution in [0.5, 0.6) is 0 Å². The van der Waals surface area contributed by atoms with Gasteiger partial charge < -0.3 is 5.32 Å². The standard InChI is InChI=1S/C13H20N2O/c14-10-13(8-4-5-9-13)15-12(16)11-6-2-1-3-7-11/h11H,1-9H2,(H,15,16). The van der Waals surface area contributed by atoms with Gasteiger partial charge in [-0.15, -0.1) is 0 Å². The van der Waals surface area contributed by atoms with Crippen molar-refractivity contribution in [3.05, 3.63) is 0 Å². The van der Waals surface area contributed by atoms with Gasteiger partial charge in [-0.2, -0.15) is 5.26 Å². The fourth-order valence-electron chi connectivity index (χ4n) is 2.95. The number of nitriles is 1. The minimum atomic E-state index is -0.533. The molecule has 0 heterocycles. The maximum Gasteiger partial charge on any atom is 0.224 e. The Morgan fingerprint density at radius 2 is 1.75 bits per heavy atom. The molecule has 2 fully saturated rings. The van der Waals surface area contributed by atoms with Crippen molar-refractivity contribution in [2.75, 3.05) is 0 Å². The lowest BCUT2D eigenvalue weighted by Gasteiger charge is -2.27. The quantitative estimate of drug-likeness (QED) is 0.777. The molecular weight excluding hydrogens is 200 g/mol. The first-order valence-corrected chi connectivity index (χ1v) is 6.49. The smallest absolute Gasteiger partial charge is 0.224 e. The Bertz CT molecular complexity index is 294. The van der Waals surface area contributed by atoms with Gasteiger partial charge in [-0.05, 0) is 38.5 Å². The van der Waals surface area contributed by atoms with Crippen LogP contribution in [0.2, 0.25) is 0 Å². The Morgan fingerprint density at radius 1 is 1.12 bits per heavy atom. The Hall–Kier alpha value is -1.04. The summed E-state index contributed by atoms with van der Waals surface area (Å²) in [6, 6.07) is 2.32. The van der Waals surface area contributed by atoms with Gasteiger partial charge in [0.2, 0.25) is 5.91 Å². The lowest BCUT2D eigenvalue weighted by Crippen LogP contribution is -2.47. The molecule has 16 heavy (non-hydrogen) atoms. The van der Waals surface area contributed by atoms with Crippen LogP contribution in [-0.4, -0.2) is 11.4 Å². The number of hydrogen-bond donors (Lipinski definition) is 1. The second-order valence-corrected chi connectivity index (χ2v) is 5.23. The lowest BCUT2D eigenvalue weighted by atomic mass is 9.87. The largest absolute Gasteiger partial charge is 0.338 e. The second kappa shape index (κ2) is 4.86. The number of rotatable bonds is 2. The van der Waals surface area contributed by atoms with Gasteiger partial charge in [0.25, 0.3) is 0 Å². The fraction of sp³-hybridized carbons (Fsp3) is 0.846. The molecule has 0 aliphatic heterocycles. The second-order valence-electron chi connectivity index (χ2n) is 5.23. The van der Waals surface area contributed by atoms with Crippen molar-refractivity contribution in [3.8, 4) is 6.07 Å². The Morgan fingerprint density at radius 3 is 2.31 bits per heavy atom. The van der Waals surface area contributed by atoms with Gasteiger partial charge in [0.05, 0.1) is 6.07 Å². The molecule has 2 saturated carbocycles. The molecular formula is C13H20N2O. The van der Waals surface area contributed by atoms with Gasteiger partial charge in [0.1, 0.15) is 5.54 Å². The highest BCUT2D eigenvalue weighted by Gasteiger charge is 2.37. The number of carbonyl (C=O) groups excluding carboxylic acids is 1. The number of nitrogens with zero attached hydrogens (tertiary/aromatic N) is 1. The van der Waals surface area contributed by atoms with E-state index in [2.05, 4.69) is 11.4 Å². The highest BCUT2D eigenvalue weighted by Crippen LogP contribution is 2.31. The van der Waals surface area contributed by atoms with Crippen LogP contribution in [0.25, 0.3) is 0 Å². The number of hydrogen-bond acceptors (Lipinski definition) is 2. The molecule has 2 rings (SSSR count). The minimum absolute atomic E-state index is 0.128. The van der Waals surface area contributed by atoms with E-state index in [0.717, 1.165) is 51.4 Å². The maximum absolute atomic E-state index is 12.1. The summed E-state index contributed by atoms with van der Waals surface area (Å²) in [4.78, 5) is 12.1. The summed E-state index contributed by atoms with van der Waals surface area (Å²) in [6.07, 6.45) is 9.41. The molecule has 2 aliphatic carbocycles. The van der Waals surface area contributed by atoms with Crippen LogP contribution >= 0.6 is 0 Å². The van der Waals surface area contributed by atoms with Crippen LogP contribution in [0.4, 0.5) is 0 Å². The van der Waals surface area contributed by atoms with Crippen LogP contribution in [0, 0.1) is 17.2 Å². The van der Waals surface area contributed by atoms with E-state index in [1.165, 1.54) is 6.42 Å². The topological polar surface area (TPSA) is 52.9 Å². The van der Waals surface area contributed by atoms with E-state index >= 15 is 0 Å². The summed E-state index contributed by atoms with van der Waals surface area (Å²) >= 11 is 0. The summed E-state index contributed by atoms with van der Waals surface area (Å²) in [5, 5.41) is 12.2. The monoisotopic (exact) mass is 220 g/mol. The molecule has 0 aromatic heterocycles. The van der Waals surface area contributed by atoms with E-state index in [1.807, 2.05) is 0 Å². The molecule has 0 radical (unpaired) electrons. The molecule has 3 heteroatoms. The average molecular weight is 220 g/mol. The Balaban J connectivity index is 1.92. The molecule has 0 atom stereocenters. The third-order valence-corrected chi connectivity index (χ3v) is 4.01. The third kappa shape index (κ3) is 2.37. The van der Waals surface area contributed by atoms with Gasteiger partial charge in [-0.1, -0.05) is 19.3 Å². The van der Waals surface area contributed by atoms with Crippen molar-refractivity contribution in [2.45, 2.75) is 63.3 Å². The molecule has 0 aromatic rings. The van der Waals surface area contributed by atoms with E-state index in [9.17, 15) is 10.1 Å². The molecule has 1 amide bonds. The normalized spacial score (nSPS) is 24.9. The summed E-state index contributed by atoms with van der Waals surface area (Å²) in [7, 11) is 0. The summed E-state index contributed by atoms with van der Waals surface area (Å²) in [5.74, 6) is 0.294. The lowest BCUT2D eigenvalue weighted by molar-refractivity contribution is -0.127. The highest BCUT2D eigenvalue weighted by atomic mass is 16.2. The molecule has 1 N–H and O–H groups in total. The molecule has 0 bridgehead atoms. The zero-order valence-electron chi connectivity index (χ0n) is 9.80. The SMILES string of the molecule is N#CC1(NC(=O)C2CCCCC2)CCCC1. The van der Waals surface area contributed by atoms with E-state index in [1.54, 1.807) is 0 Å². The molecule has 0 aromatic carbocycles. The summed E-state index contributed by atoms with van der Waals surface area (Å²) < 4.78 is 0. The van der Waals surface area contributed by atoms with E-state index < -0.39 is 5.54 Å². The van der Waals surface area contributed by atoms with Crippen LogP contribution in [0.1, 0.15) is 57.8 Å². The zero-order chi connectivity index (χ0) is 11.4. The Labute approximate surface area is 97.2 Å². The van der Waals surface area contributed by atoms with E-state index in [0.29, 0.717) is 0 Å². The molecule has 3 nitrogen and oxygen atoms in total. The number of carbonyl (C=O) groups is 1. The molecule has 2 aliphatic rings. The predicted octanol–water partition coefficient (Wildman–Crippen LogP) is 2.52. The molecule has 0 saturated heterocycles. The number of amides is 1. The predicted molar refractivity (Wildman–Crippen MR) is 61.5 cm³/mol. The first-order valence-electron chi connectivity index (χ1n) is 6.49. The summed E-state index contributed by atoms with van der Waals surface area (Å²) in [6.45, 7) is 0. The molecule has 88 valence electrons. The zero-order valence-corrected chi connectivity index (χ0v) is 9.80. The van der Waals surface area contributed by atoms with Crippen LogP contribution in [0.15, 0.2) is 0 Å². The third-order valence-electron chi connectivity index (χ3n) is 4.01. The van der Waals surface area contributed by atoms with Gasteiger partial charge in [0, 0.05) is 5.92 Å². The van der Waals surface area contributed by atoms with Gasteiger partial charge >= 0.3 is 0 Å². The van der Waals surface area contributed by atoms with Crippen LogP contribution in [-0.2, 0) is 4.79 Å². The van der Waals surface area contributed by atoms with Crippen molar-refractivity contribution in [3.63, 3.8) is 0 Å². The van der Waals surface area contributed by atoms with Gasteiger partial charge in [0.15, 0.2) is 0 Å². The van der Waals surface area contributed by atoms with Crippen LogP contribution < -0.4 is 5.32 Å². The summed E-state index contributed by atoms with van der Waals surface area (Å²) in [5.41, 5.74) is -0.533. The first kappa shape index (κ1) is 11.4. The van der Waals surface area contributed by atoms with Crippen molar-refractivity contribution < 1.29 is 4.79 Å². The van der Waals surface area contributed by atoms with Crippen molar-refractivity contribution in [2.24, 2.45) is 5.92 Å². The van der Waals surface area contributed by atoms with Crippen molar-refractivity contribution >= 4 is 5.91 Å². The fourth-order valence-corrected chi connectivity index (χ4v) is 2.95. The molecule has 0 spiro atoms. The average Bonchev–Trinajstić information content (AvgIpc) is 2.79. The Kier molecular flexibility index (Phi) is 3.48. The minimum Gasteiger partial charge on any atom is -0.338 e. The van der Waals surface area contributed by atoms with Crippen LogP contribution in [0.3, 0.4) is 0 Å². The molecule has 0 unspecified atom stereocenters. The maximum atomic E-state index is 12.1. The number of nitrogens with one attached hydrogen (secondary N) is 1. The van der Waals surface area contributed by atoms with Crippen molar-refractivity contribution in [1.82, 2.24) is 5.32 Å².